The fourth-order valence-electron chi connectivity index (χ4n) is 2.55. The van der Waals surface area contributed by atoms with Gasteiger partial charge in [-0.25, -0.2) is 0 Å². The van der Waals surface area contributed by atoms with Crippen molar-refractivity contribution in [3.8, 4) is 0 Å². The molecule has 1 aromatic carbocycles. The van der Waals surface area contributed by atoms with Crippen molar-refractivity contribution in [2.24, 2.45) is 0 Å². The number of halogens is 1. The first-order valence-electron chi connectivity index (χ1n) is 8.78. The molecule has 0 radical (unpaired) electrons. The number of thioether (sulfide) groups is 1. The van der Waals surface area contributed by atoms with E-state index < -0.39 is 0 Å². The van der Waals surface area contributed by atoms with Crippen LogP contribution >= 0.6 is 35.6 Å². The van der Waals surface area contributed by atoms with Crippen molar-refractivity contribution in [3.05, 3.63) is 39.8 Å². The van der Waals surface area contributed by atoms with Gasteiger partial charge in [-0.2, -0.15) is 0 Å². The van der Waals surface area contributed by atoms with Crippen LogP contribution in [0.5, 0.6) is 0 Å². The number of unbranched alkanes of at least 4 members (excludes halogenated alkanes) is 2. The summed E-state index contributed by atoms with van der Waals surface area (Å²) in [6.07, 6.45) is 6.46. The van der Waals surface area contributed by atoms with Crippen LogP contribution < -0.4 is 0 Å². The first kappa shape index (κ1) is 20.4. The molecule has 0 aliphatic carbocycles. The van der Waals surface area contributed by atoms with Gasteiger partial charge in [0.25, 0.3) is 5.91 Å². The van der Waals surface area contributed by atoms with E-state index in [1.54, 1.807) is 4.90 Å². The van der Waals surface area contributed by atoms with Crippen LogP contribution in [0.4, 0.5) is 0 Å². The van der Waals surface area contributed by atoms with Crippen LogP contribution in [0.25, 0.3) is 6.08 Å². The minimum absolute atomic E-state index is 0.00273. The molecule has 0 unspecified atom stereocenters. The number of benzene rings is 1. The molecule has 0 spiro atoms. The highest BCUT2D eigenvalue weighted by Crippen LogP contribution is 2.32. The topological polar surface area (TPSA) is 23.6 Å². The maximum atomic E-state index is 12.8. The summed E-state index contributed by atoms with van der Waals surface area (Å²) >= 11 is 12.8. The van der Waals surface area contributed by atoms with Crippen molar-refractivity contribution in [1.82, 2.24) is 9.80 Å². The normalized spacial score (nSPS) is 16.5. The monoisotopic (exact) mass is 396 g/mol. The largest absolute Gasteiger partial charge is 0.286 e. The van der Waals surface area contributed by atoms with Crippen LogP contribution in [0, 0.1) is 0 Å². The van der Waals surface area contributed by atoms with Crippen molar-refractivity contribution in [1.29, 1.82) is 0 Å². The van der Waals surface area contributed by atoms with Gasteiger partial charge in [-0.3, -0.25) is 14.6 Å². The highest BCUT2D eigenvalue weighted by Gasteiger charge is 2.32. The van der Waals surface area contributed by atoms with E-state index in [1.807, 2.05) is 30.3 Å². The molecule has 2 rings (SSSR count). The van der Waals surface area contributed by atoms with Crippen LogP contribution in [-0.4, -0.2) is 39.8 Å². The van der Waals surface area contributed by atoms with E-state index in [2.05, 4.69) is 18.7 Å². The predicted molar refractivity (Wildman–Crippen MR) is 113 cm³/mol. The molecule has 0 bridgehead atoms. The first-order chi connectivity index (χ1) is 12.0. The lowest BCUT2D eigenvalue weighted by atomic mass is 10.2. The van der Waals surface area contributed by atoms with E-state index in [-0.39, 0.29) is 5.91 Å². The van der Waals surface area contributed by atoms with E-state index in [1.165, 1.54) is 11.8 Å². The number of thiocarbonyl (C=S) groups is 1. The molecule has 1 amide bonds. The first-order valence-corrected chi connectivity index (χ1v) is 10.4. The van der Waals surface area contributed by atoms with Gasteiger partial charge in [-0.1, -0.05) is 74.4 Å². The second-order valence-electron chi connectivity index (χ2n) is 6.13. The smallest absolute Gasteiger partial charge is 0.267 e. The summed E-state index contributed by atoms with van der Waals surface area (Å²) in [7, 11) is 0. The lowest BCUT2D eigenvalue weighted by molar-refractivity contribution is -0.123. The number of hydrogen-bond acceptors (Lipinski definition) is 4. The van der Waals surface area contributed by atoms with Gasteiger partial charge in [0.15, 0.2) is 0 Å². The molecule has 25 heavy (non-hydrogen) atoms. The molecule has 0 aromatic heterocycles. The second kappa shape index (κ2) is 10.3. The lowest BCUT2D eigenvalue weighted by Crippen LogP contribution is -2.41. The molecule has 1 heterocycles. The highest BCUT2D eigenvalue weighted by molar-refractivity contribution is 8.26. The van der Waals surface area contributed by atoms with E-state index in [4.69, 9.17) is 23.8 Å². The fraction of sp³-hybridized carbons (Fsp3) is 0.474. The van der Waals surface area contributed by atoms with Gasteiger partial charge >= 0.3 is 0 Å². The molecule has 1 saturated heterocycles. The van der Waals surface area contributed by atoms with Crippen molar-refractivity contribution in [3.63, 3.8) is 0 Å². The van der Waals surface area contributed by atoms with Crippen molar-refractivity contribution >= 4 is 51.9 Å². The Labute approximate surface area is 165 Å². The third-order valence-electron chi connectivity index (χ3n) is 4.04. The number of hydrogen-bond donors (Lipinski definition) is 0. The van der Waals surface area contributed by atoms with Crippen molar-refractivity contribution in [2.75, 3.05) is 19.8 Å². The third-order valence-corrected chi connectivity index (χ3v) is 5.67. The molecule has 3 nitrogen and oxygen atoms in total. The Kier molecular flexibility index (Phi) is 8.43. The van der Waals surface area contributed by atoms with Gasteiger partial charge in [0.05, 0.1) is 11.6 Å². The van der Waals surface area contributed by atoms with Crippen LogP contribution in [0.15, 0.2) is 29.2 Å². The Hall–Kier alpha value is -0.880. The number of nitrogens with zero attached hydrogens (tertiary/aromatic N) is 2. The molecule has 6 heteroatoms. The van der Waals surface area contributed by atoms with Crippen LogP contribution in [0.3, 0.4) is 0 Å². The highest BCUT2D eigenvalue weighted by atomic mass is 35.5. The summed E-state index contributed by atoms with van der Waals surface area (Å²) in [6.45, 7) is 6.97. The number of amides is 1. The molecule has 1 aliphatic rings. The molecule has 1 fully saturated rings. The van der Waals surface area contributed by atoms with E-state index >= 15 is 0 Å². The minimum atomic E-state index is 0.00273. The summed E-state index contributed by atoms with van der Waals surface area (Å²) in [5, 5.41) is 0.687. The standard InChI is InChI=1S/C19H25ClN2OS2/c1-3-5-11-21(12-6-4-2)14-22-18(23)17(25-19(22)24)13-15-7-9-16(20)10-8-15/h7-10,13H,3-6,11-12,14H2,1-2H3. The van der Waals surface area contributed by atoms with Crippen molar-refractivity contribution < 1.29 is 4.79 Å². The molecular formula is C19H25ClN2OS2. The minimum Gasteiger partial charge on any atom is -0.286 e. The van der Waals surface area contributed by atoms with Gasteiger partial charge in [0.1, 0.15) is 4.32 Å². The number of rotatable bonds is 9. The SMILES string of the molecule is CCCCN(CCCC)CN1C(=O)C(=Cc2ccc(Cl)cc2)SC1=S. The summed E-state index contributed by atoms with van der Waals surface area (Å²) < 4.78 is 0.642. The summed E-state index contributed by atoms with van der Waals surface area (Å²) in [5.41, 5.74) is 0.957. The third kappa shape index (κ3) is 6.10. The molecular weight excluding hydrogens is 372 g/mol. The molecule has 1 aliphatic heterocycles. The van der Waals surface area contributed by atoms with Crippen LogP contribution in [-0.2, 0) is 4.79 Å². The zero-order valence-corrected chi connectivity index (χ0v) is 17.2. The van der Waals surface area contributed by atoms with Gasteiger partial charge < -0.3 is 0 Å². The zero-order valence-electron chi connectivity index (χ0n) is 14.8. The Morgan fingerprint density at radius 2 is 1.76 bits per heavy atom. The maximum absolute atomic E-state index is 12.8. The Morgan fingerprint density at radius 1 is 1.16 bits per heavy atom. The molecule has 0 N–H and O–H groups in total. The zero-order chi connectivity index (χ0) is 18.2. The molecule has 1 aromatic rings. The van der Waals surface area contributed by atoms with Gasteiger partial charge in [0, 0.05) is 5.02 Å². The average Bonchev–Trinajstić information content (AvgIpc) is 2.86. The summed E-state index contributed by atoms with van der Waals surface area (Å²) in [4.78, 5) is 17.5. The lowest BCUT2D eigenvalue weighted by Gasteiger charge is -2.27. The van der Waals surface area contributed by atoms with Gasteiger partial charge in [0.2, 0.25) is 0 Å². The number of carbonyl (C=O) groups is 1. The predicted octanol–water partition coefficient (Wildman–Crippen LogP) is 5.40. The summed E-state index contributed by atoms with van der Waals surface area (Å²) in [5.74, 6) is 0.00273. The molecule has 136 valence electrons. The van der Waals surface area contributed by atoms with Crippen molar-refractivity contribution in [2.45, 2.75) is 39.5 Å². The van der Waals surface area contributed by atoms with E-state index in [0.717, 1.165) is 44.3 Å². The van der Waals surface area contributed by atoms with E-state index in [0.29, 0.717) is 20.9 Å². The van der Waals surface area contributed by atoms with Crippen LogP contribution in [0.1, 0.15) is 45.1 Å². The number of carbonyl (C=O) groups excluding carboxylic acids is 1. The Morgan fingerprint density at radius 3 is 2.32 bits per heavy atom. The van der Waals surface area contributed by atoms with E-state index in [9.17, 15) is 4.79 Å². The fourth-order valence-corrected chi connectivity index (χ4v) is 3.92. The molecule has 0 atom stereocenters. The summed E-state index contributed by atoms with van der Waals surface area (Å²) in [6, 6.07) is 7.46. The van der Waals surface area contributed by atoms with Gasteiger partial charge in [-0.05, 0) is 49.7 Å². The Bertz CT molecular complexity index is 623. The second-order valence-corrected chi connectivity index (χ2v) is 8.24. The van der Waals surface area contributed by atoms with Gasteiger partial charge in [-0.15, -0.1) is 0 Å². The average molecular weight is 397 g/mol. The Balaban J connectivity index is 2.07. The molecule has 0 saturated carbocycles. The maximum Gasteiger partial charge on any atom is 0.267 e. The van der Waals surface area contributed by atoms with Crippen LogP contribution in [0.2, 0.25) is 5.02 Å². The quantitative estimate of drug-likeness (QED) is 0.411.